The van der Waals surface area contributed by atoms with Crippen LogP contribution < -0.4 is 16.4 Å². The molecule has 1 atom stereocenters. The predicted octanol–water partition coefficient (Wildman–Crippen LogP) is 1.95. The van der Waals surface area contributed by atoms with Crippen LogP contribution in [0.2, 0.25) is 0 Å². The van der Waals surface area contributed by atoms with E-state index in [9.17, 15) is 9.59 Å². The third-order valence-corrected chi connectivity index (χ3v) is 5.73. The van der Waals surface area contributed by atoms with E-state index in [1.165, 1.54) is 11.3 Å². The Hall–Kier alpha value is -2.29. The smallest absolute Gasteiger partial charge is 0.251 e. The van der Waals surface area contributed by atoms with Crippen LogP contribution in [0.15, 0.2) is 24.4 Å². The zero-order chi connectivity index (χ0) is 18.1. The first-order valence-corrected chi connectivity index (χ1v) is 9.46. The highest BCUT2D eigenvalue weighted by atomic mass is 32.1. The third kappa shape index (κ3) is 3.48. The van der Waals surface area contributed by atoms with Gasteiger partial charge in [0.05, 0.1) is 22.7 Å². The number of anilines is 1. The minimum absolute atomic E-state index is 0.0370. The van der Waals surface area contributed by atoms with Crippen LogP contribution in [-0.4, -0.2) is 23.4 Å². The molecule has 8 heteroatoms. The van der Waals surface area contributed by atoms with E-state index < -0.39 is 5.91 Å². The Morgan fingerprint density at radius 2 is 2.19 bits per heavy atom. The molecule has 1 aliphatic heterocycles. The quantitative estimate of drug-likeness (QED) is 0.719. The van der Waals surface area contributed by atoms with Crippen molar-refractivity contribution in [3.05, 3.63) is 46.1 Å². The number of nitrogens with zero attached hydrogens (tertiary/aromatic N) is 1. The lowest BCUT2D eigenvalue weighted by atomic mass is 10.0. The Bertz CT molecular complexity index is 832. The van der Waals surface area contributed by atoms with Gasteiger partial charge in [-0.2, -0.15) is 0 Å². The second kappa shape index (κ2) is 7.14. The summed E-state index contributed by atoms with van der Waals surface area (Å²) in [6.07, 6.45) is 3.80. The highest BCUT2D eigenvalue weighted by Gasteiger charge is 2.34. The summed E-state index contributed by atoms with van der Waals surface area (Å²) in [5.41, 5.74) is 7.80. The molecule has 4 rings (SSSR count). The topological polar surface area (TPSA) is 106 Å². The maximum absolute atomic E-state index is 12.1. The number of fused-ring (bicyclic) bond motifs is 1. The van der Waals surface area contributed by atoms with Crippen molar-refractivity contribution in [3.63, 3.8) is 0 Å². The fraction of sp³-hybridized carbons (Fsp3) is 0.389. The number of carbonyl (C=O) groups is 2. The second-order valence-corrected chi connectivity index (χ2v) is 7.53. The van der Waals surface area contributed by atoms with Gasteiger partial charge in [0.2, 0.25) is 5.91 Å². The van der Waals surface area contributed by atoms with Crippen molar-refractivity contribution in [2.24, 2.45) is 11.7 Å². The molecule has 0 spiro atoms. The molecule has 2 aromatic heterocycles. The van der Waals surface area contributed by atoms with Crippen LogP contribution in [0.4, 0.5) is 5.00 Å². The zero-order valence-electron chi connectivity index (χ0n) is 14.2. The number of hydrogen-bond acceptors (Lipinski definition) is 6. The zero-order valence-corrected chi connectivity index (χ0v) is 15.0. The van der Waals surface area contributed by atoms with Crippen molar-refractivity contribution < 1.29 is 14.3 Å². The number of hydrogen-bond donors (Lipinski definition) is 3. The molecule has 4 N–H and O–H groups in total. The van der Waals surface area contributed by atoms with Gasteiger partial charge in [0, 0.05) is 18.7 Å². The fourth-order valence-electron chi connectivity index (χ4n) is 3.06. The molecule has 7 nitrogen and oxygen atoms in total. The van der Waals surface area contributed by atoms with Crippen LogP contribution in [0.1, 0.15) is 45.6 Å². The molecule has 2 aliphatic rings. The maximum Gasteiger partial charge on any atom is 0.251 e. The lowest BCUT2D eigenvalue weighted by Gasteiger charge is -2.24. The van der Waals surface area contributed by atoms with Gasteiger partial charge in [-0.1, -0.05) is 6.07 Å². The number of primary amides is 1. The van der Waals surface area contributed by atoms with Crippen molar-refractivity contribution in [3.8, 4) is 0 Å². The average molecular weight is 372 g/mol. The van der Waals surface area contributed by atoms with Crippen LogP contribution >= 0.6 is 11.3 Å². The highest BCUT2D eigenvalue weighted by Crippen LogP contribution is 2.41. The van der Waals surface area contributed by atoms with Gasteiger partial charge < -0.3 is 15.8 Å². The van der Waals surface area contributed by atoms with Crippen molar-refractivity contribution in [1.29, 1.82) is 0 Å². The van der Waals surface area contributed by atoms with Crippen molar-refractivity contribution >= 4 is 28.2 Å². The number of pyridine rings is 1. The molecule has 136 valence electrons. The highest BCUT2D eigenvalue weighted by molar-refractivity contribution is 7.17. The summed E-state index contributed by atoms with van der Waals surface area (Å²) in [7, 11) is 0. The number of aromatic nitrogens is 1. The minimum atomic E-state index is -0.515. The summed E-state index contributed by atoms with van der Waals surface area (Å²) < 4.78 is 5.85. The maximum atomic E-state index is 12.1. The summed E-state index contributed by atoms with van der Waals surface area (Å²) in [4.78, 5) is 29.3. The van der Waals surface area contributed by atoms with Gasteiger partial charge in [0.25, 0.3) is 5.91 Å². The van der Waals surface area contributed by atoms with Gasteiger partial charge in [-0.15, -0.1) is 11.3 Å². The van der Waals surface area contributed by atoms with Crippen LogP contribution in [0.25, 0.3) is 0 Å². The van der Waals surface area contributed by atoms with Crippen molar-refractivity contribution in [2.75, 3.05) is 11.9 Å². The fourth-order valence-corrected chi connectivity index (χ4v) is 4.34. The monoisotopic (exact) mass is 372 g/mol. The second-order valence-electron chi connectivity index (χ2n) is 6.48. The molecule has 1 aliphatic carbocycles. The molecule has 2 amide bonds. The molecule has 2 aromatic rings. The van der Waals surface area contributed by atoms with E-state index in [4.69, 9.17) is 10.5 Å². The number of rotatable bonds is 6. The number of thiophene rings is 1. The lowest BCUT2D eigenvalue weighted by Crippen LogP contribution is -2.29. The van der Waals surface area contributed by atoms with Crippen LogP contribution in [-0.2, 0) is 22.5 Å². The molecule has 1 fully saturated rings. The Balaban J connectivity index is 1.58. The number of ether oxygens (including phenoxy) is 1. The summed E-state index contributed by atoms with van der Waals surface area (Å²) in [5.74, 6) is -0.492. The van der Waals surface area contributed by atoms with Crippen LogP contribution in [0.3, 0.4) is 0 Å². The van der Waals surface area contributed by atoms with Gasteiger partial charge in [0.1, 0.15) is 11.2 Å². The first-order chi connectivity index (χ1) is 12.6. The van der Waals surface area contributed by atoms with Crippen LogP contribution in [0.5, 0.6) is 0 Å². The largest absolute Gasteiger partial charge is 0.365 e. The predicted molar refractivity (Wildman–Crippen MR) is 97.7 cm³/mol. The lowest BCUT2D eigenvalue weighted by molar-refractivity contribution is -0.117. The molecule has 0 aromatic carbocycles. The molecule has 0 saturated heterocycles. The minimum Gasteiger partial charge on any atom is -0.365 e. The van der Waals surface area contributed by atoms with Crippen molar-refractivity contribution in [2.45, 2.75) is 32.0 Å². The van der Waals surface area contributed by atoms with E-state index in [1.807, 2.05) is 18.2 Å². The number of nitrogens with two attached hydrogens (primary N) is 1. The molecule has 0 bridgehead atoms. The van der Waals surface area contributed by atoms with Gasteiger partial charge in [0.15, 0.2) is 0 Å². The molecule has 3 heterocycles. The molecule has 26 heavy (non-hydrogen) atoms. The molecular formula is C18H20N4O3S. The average Bonchev–Trinajstić information content (AvgIpc) is 3.42. The third-order valence-electron chi connectivity index (χ3n) is 4.54. The van der Waals surface area contributed by atoms with E-state index >= 15 is 0 Å². The molecule has 1 unspecified atom stereocenters. The summed E-state index contributed by atoms with van der Waals surface area (Å²) in [6.45, 7) is 1.03. The SMILES string of the molecule is NC(=O)c1c(NC(=O)C2CC2)sc2c1CCOC2NCc1ccccn1. The Morgan fingerprint density at radius 3 is 2.88 bits per heavy atom. The van der Waals surface area contributed by atoms with Gasteiger partial charge in [-0.05, 0) is 37.0 Å². The standard InChI is InChI=1S/C18H20N4O3S/c19-15(23)13-12-6-8-25-17(21-9-11-3-1-2-7-20-11)14(12)26-18(13)22-16(24)10-4-5-10/h1-3,7,10,17,21H,4-6,8-9H2,(H2,19,23)(H,22,24). The molecule has 0 radical (unpaired) electrons. The first kappa shape index (κ1) is 17.1. The van der Waals surface area contributed by atoms with Gasteiger partial charge in [-0.25, -0.2) is 0 Å². The Morgan fingerprint density at radius 1 is 1.35 bits per heavy atom. The molecule has 1 saturated carbocycles. The Kier molecular flexibility index (Phi) is 4.71. The normalized spacial score (nSPS) is 19.0. The van der Waals surface area contributed by atoms with E-state index in [1.54, 1.807) is 6.20 Å². The van der Waals surface area contributed by atoms with Gasteiger partial charge in [-0.3, -0.25) is 19.9 Å². The van der Waals surface area contributed by atoms with Crippen LogP contribution in [0, 0.1) is 5.92 Å². The van der Waals surface area contributed by atoms with E-state index in [-0.39, 0.29) is 18.1 Å². The number of carbonyl (C=O) groups excluding carboxylic acids is 2. The summed E-state index contributed by atoms with van der Waals surface area (Å²) in [5, 5.41) is 6.75. The number of amides is 2. The Labute approximate surface area is 154 Å². The summed E-state index contributed by atoms with van der Waals surface area (Å²) in [6, 6.07) is 5.73. The van der Waals surface area contributed by atoms with Gasteiger partial charge >= 0.3 is 0 Å². The van der Waals surface area contributed by atoms with E-state index in [2.05, 4.69) is 15.6 Å². The van der Waals surface area contributed by atoms with Crippen molar-refractivity contribution in [1.82, 2.24) is 10.3 Å². The molecular weight excluding hydrogens is 352 g/mol. The first-order valence-electron chi connectivity index (χ1n) is 8.64. The number of nitrogens with one attached hydrogen (secondary N) is 2. The summed E-state index contributed by atoms with van der Waals surface area (Å²) >= 11 is 1.37. The van der Waals surface area contributed by atoms with E-state index in [0.717, 1.165) is 29.0 Å². The van der Waals surface area contributed by atoms with E-state index in [0.29, 0.717) is 30.1 Å².